The van der Waals surface area contributed by atoms with Crippen molar-refractivity contribution in [2.45, 2.75) is 18.6 Å². The predicted molar refractivity (Wildman–Crippen MR) is 57.4 cm³/mol. The van der Waals surface area contributed by atoms with Crippen molar-refractivity contribution in [2.24, 2.45) is 0 Å². The summed E-state index contributed by atoms with van der Waals surface area (Å²) < 4.78 is 0. The Bertz CT molecular complexity index is 472. The topological polar surface area (TPSA) is 114 Å². The van der Waals surface area contributed by atoms with Gasteiger partial charge in [0.25, 0.3) is 0 Å². The number of pyridine rings is 1. The van der Waals surface area contributed by atoms with Crippen LogP contribution in [0.15, 0.2) is 12.3 Å². The molecular weight excluding hydrogens is 248 g/mol. The molecule has 1 aromatic rings. The van der Waals surface area contributed by atoms with E-state index in [4.69, 9.17) is 22.0 Å². The van der Waals surface area contributed by atoms with Crippen molar-refractivity contribution in [1.29, 1.82) is 5.26 Å². The maximum Gasteiger partial charge on any atom is 0.356 e. The summed E-state index contributed by atoms with van der Waals surface area (Å²) in [5, 5.41) is 35.9. The molecule has 0 amide bonds. The fraction of sp³-hybridized carbons (Fsp3) is 0.300. The minimum Gasteiger partial charge on any atom is -0.476 e. The minimum absolute atomic E-state index is 0.141. The number of hydrogen-bond acceptors (Lipinski definition) is 5. The Morgan fingerprint density at radius 1 is 1.59 bits per heavy atom. The van der Waals surface area contributed by atoms with Crippen molar-refractivity contribution in [2.75, 3.05) is 0 Å². The molecule has 2 unspecified atom stereocenters. The van der Waals surface area contributed by atoms with Gasteiger partial charge in [0.05, 0.1) is 23.6 Å². The molecule has 0 aliphatic heterocycles. The Morgan fingerprint density at radius 3 is 2.71 bits per heavy atom. The van der Waals surface area contributed by atoms with E-state index in [-0.39, 0.29) is 22.7 Å². The van der Waals surface area contributed by atoms with Gasteiger partial charge in [0, 0.05) is 11.8 Å². The Hall–Kier alpha value is -1.68. The molecule has 0 bridgehead atoms. The highest BCUT2D eigenvalue weighted by Gasteiger charge is 2.20. The number of aromatic nitrogens is 1. The van der Waals surface area contributed by atoms with Gasteiger partial charge in [-0.15, -0.1) is 0 Å². The van der Waals surface area contributed by atoms with Gasteiger partial charge >= 0.3 is 5.97 Å². The fourth-order valence-electron chi connectivity index (χ4n) is 1.20. The molecule has 0 saturated carbocycles. The zero-order valence-corrected chi connectivity index (χ0v) is 9.29. The van der Waals surface area contributed by atoms with E-state index in [1.54, 1.807) is 6.07 Å². The van der Waals surface area contributed by atoms with Gasteiger partial charge in [-0.1, -0.05) is 11.6 Å². The predicted octanol–water partition coefficient (Wildman–Crippen LogP) is 0.741. The number of aliphatic hydroxyl groups is 2. The molecule has 90 valence electrons. The Labute approximate surface area is 102 Å². The van der Waals surface area contributed by atoms with E-state index in [1.807, 2.05) is 0 Å². The highest BCUT2D eigenvalue weighted by Crippen LogP contribution is 2.23. The second kappa shape index (κ2) is 5.59. The van der Waals surface area contributed by atoms with Gasteiger partial charge in [0.2, 0.25) is 0 Å². The van der Waals surface area contributed by atoms with Crippen molar-refractivity contribution in [1.82, 2.24) is 4.98 Å². The van der Waals surface area contributed by atoms with Crippen molar-refractivity contribution in [3.8, 4) is 6.07 Å². The smallest absolute Gasteiger partial charge is 0.356 e. The zero-order chi connectivity index (χ0) is 13.0. The van der Waals surface area contributed by atoms with Crippen molar-refractivity contribution >= 4 is 17.6 Å². The van der Waals surface area contributed by atoms with Gasteiger partial charge in [-0.2, -0.15) is 5.26 Å². The van der Waals surface area contributed by atoms with Gasteiger partial charge in [-0.3, -0.25) is 0 Å². The second-order valence-electron chi connectivity index (χ2n) is 3.28. The zero-order valence-electron chi connectivity index (χ0n) is 8.54. The SMILES string of the molecule is N#CCC(O)C(O)c1cnc(C(=O)O)c(Cl)c1. The molecule has 0 aliphatic rings. The second-order valence-corrected chi connectivity index (χ2v) is 3.69. The van der Waals surface area contributed by atoms with Crippen LogP contribution in [0.4, 0.5) is 0 Å². The molecule has 7 heteroatoms. The first kappa shape index (κ1) is 13.4. The molecule has 1 aromatic heterocycles. The van der Waals surface area contributed by atoms with Crippen LogP contribution in [-0.2, 0) is 0 Å². The quantitative estimate of drug-likeness (QED) is 0.732. The van der Waals surface area contributed by atoms with Crippen molar-refractivity contribution in [3.05, 3.63) is 28.5 Å². The molecular formula is C10H9ClN2O4. The monoisotopic (exact) mass is 256 g/mol. The molecule has 0 aromatic carbocycles. The Morgan fingerprint density at radius 2 is 2.24 bits per heavy atom. The molecule has 1 heterocycles. The number of carboxylic acid groups (broad SMARTS) is 1. The van der Waals surface area contributed by atoms with Gasteiger partial charge in [0.15, 0.2) is 5.69 Å². The molecule has 0 spiro atoms. The van der Waals surface area contributed by atoms with Gasteiger partial charge in [0.1, 0.15) is 6.10 Å². The summed E-state index contributed by atoms with van der Waals surface area (Å²) in [5.41, 5.74) is -0.180. The van der Waals surface area contributed by atoms with E-state index >= 15 is 0 Å². The Balaban J connectivity index is 2.98. The molecule has 2 atom stereocenters. The van der Waals surface area contributed by atoms with Crippen LogP contribution in [0, 0.1) is 11.3 Å². The van der Waals surface area contributed by atoms with E-state index in [1.165, 1.54) is 6.07 Å². The number of carbonyl (C=O) groups is 1. The fourth-order valence-corrected chi connectivity index (χ4v) is 1.45. The highest BCUT2D eigenvalue weighted by molar-refractivity contribution is 6.33. The summed E-state index contributed by atoms with van der Waals surface area (Å²) in [4.78, 5) is 14.2. The van der Waals surface area contributed by atoms with Crippen molar-refractivity contribution < 1.29 is 20.1 Å². The average molecular weight is 257 g/mol. The normalized spacial score (nSPS) is 13.8. The van der Waals surface area contributed by atoms with Crippen LogP contribution in [0.1, 0.15) is 28.6 Å². The number of nitrogens with zero attached hydrogens (tertiary/aromatic N) is 2. The van der Waals surface area contributed by atoms with Gasteiger partial charge in [-0.05, 0) is 6.07 Å². The van der Waals surface area contributed by atoms with Crippen LogP contribution in [0.25, 0.3) is 0 Å². The first-order valence-corrected chi connectivity index (χ1v) is 4.97. The highest BCUT2D eigenvalue weighted by atomic mass is 35.5. The lowest BCUT2D eigenvalue weighted by Gasteiger charge is -2.15. The number of hydrogen-bond donors (Lipinski definition) is 3. The molecule has 0 radical (unpaired) electrons. The lowest BCUT2D eigenvalue weighted by atomic mass is 10.0. The summed E-state index contributed by atoms with van der Waals surface area (Å²) >= 11 is 5.65. The summed E-state index contributed by atoms with van der Waals surface area (Å²) in [6, 6.07) is 2.90. The number of rotatable bonds is 4. The minimum atomic E-state index is -1.33. The van der Waals surface area contributed by atoms with E-state index in [9.17, 15) is 15.0 Å². The molecule has 6 nitrogen and oxygen atoms in total. The molecule has 1 rings (SSSR count). The van der Waals surface area contributed by atoms with E-state index in [0.717, 1.165) is 6.20 Å². The average Bonchev–Trinajstić information content (AvgIpc) is 2.27. The lowest BCUT2D eigenvalue weighted by molar-refractivity contribution is 0.0214. The first-order valence-electron chi connectivity index (χ1n) is 4.59. The molecule has 3 N–H and O–H groups in total. The third-order valence-corrected chi connectivity index (χ3v) is 2.36. The van der Waals surface area contributed by atoms with Gasteiger partial charge < -0.3 is 15.3 Å². The number of aromatic carboxylic acids is 1. The van der Waals surface area contributed by atoms with Crippen LogP contribution >= 0.6 is 11.6 Å². The first-order chi connectivity index (χ1) is 7.97. The maximum atomic E-state index is 10.6. The van der Waals surface area contributed by atoms with E-state index in [2.05, 4.69) is 4.98 Å². The number of nitriles is 1. The molecule has 0 saturated heterocycles. The molecule has 0 aliphatic carbocycles. The lowest BCUT2D eigenvalue weighted by Crippen LogP contribution is -2.18. The number of halogens is 1. The third-order valence-electron chi connectivity index (χ3n) is 2.07. The number of aliphatic hydroxyl groups excluding tert-OH is 2. The van der Waals surface area contributed by atoms with E-state index in [0.29, 0.717) is 0 Å². The Kier molecular flexibility index (Phi) is 4.40. The standard InChI is InChI=1S/C10H9ClN2O4/c11-6-3-5(4-13-8(6)10(16)17)9(15)7(14)1-2-12/h3-4,7,9,14-15H,1H2,(H,16,17). The molecule has 0 fully saturated rings. The van der Waals surface area contributed by atoms with Gasteiger partial charge in [-0.25, -0.2) is 9.78 Å². The summed E-state index contributed by atoms with van der Waals surface area (Å²) in [6.07, 6.45) is -1.75. The maximum absolute atomic E-state index is 10.6. The van der Waals surface area contributed by atoms with Crippen molar-refractivity contribution in [3.63, 3.8) is 0 Å². The van der Waals surface area contributed by atoms with E-state index < -0.39 is 18.2 Å². The number of carboxylic acids is 1. The summed E-state index contributed by atoms with van der Waals surface area (Å²) in [6.45, 7) is 0. The third kappa shape index (κ3) is 3.14. The summed E-state index contributed by atoms with van der Waals surface area (Å²) in [5.74, 6) is -1.28. The van der Waals surface area contributed by atoms with Crippen LogP contribution in [0.5, 0.6) is 0 Å². The van der Waals surface area contributed by atoms with Crippen LogP contribution in [0.3, 0.4) is 0 Å². The molecule has 17 heavy (non-hydrogen) atoms. The largest absolute Gasteiger partial charge is 0.476 e. The van der Waals surface area contributed by atoms with Crippen LogP contribution < -0.4 is 0 Å². The summed E-state index contributed by atoms with van der Waals surface area (Å²) in [7, 11) is 0. The van der Waals surface area contributed by atoms with Crippen LogP contribution in [0.2, 0.25) is 5.02 Å². The van der Waals surface area contributed by atoms with Crippen LogP contribution in [-0.4, -0.2) is 32.4 Å².